The third kappa shape index (κ3) is 3.85. The minimum atomic E-state index is -0.865. The number of nitrogens with zero attached hydrogens (tertiary/aromatic N) is 1. The van der Waals surface area contributed by atoms with Gasteiger partial charge in [-0.2, -0.15) is 0 Å². The molecule has 144 valence electrons. The molecule has 28 heavy (non-hydrogen) atoms. The summed E-state index contributed by atoms with van der Waals surface area (Å²) in [5, 5.41) is 4.69. The second-order valence-corrected chi connectivity index (χ2v) is 6.06. The largest absolute Gasteiger partial charge is 0.422 e. The fourth-order valence-electron chi connectivity index (χ4n) is 2.89. The number of hydrogen-bond donors (Lipinski definition) is 2. The van der Waals surface area contributed by atoms with Crippen LogP contribution in [-0.2, 0) is 9.59 Å². The van der Waals surface area contributed by atoms with Gasteiger partial charge >= 0.3 is 11.7 Å². The zero-order chi connectivity index (χ0) is 20.3. The maximum absolute atomic E-state index is 12.3. The molecule has 1 aromatic heterocycles. The number of fused-ring (bicyclic) bond motifs is 1. The molecule has 3 rings (SSSR count). The van der Waals surface area contributed by atoms with E-state index >= 15 is 0 Å². The summed E-state index contributed by atoms with van der Waals surface area (Å²) in [6.07, 6.45) is 4.05. The Balaban J connectivity index is 1.89. The summed E-state index contributed by atoms with van der Waals surface area (Å²) in [4.78, 5) is 48.7. The Kier molecular flexibility index (Phi) is 5.39. The average Bonchev–Trinajstić information content (AvgIpc) is 2.65. The van der Waals surface area contributed by atoms with Crippen molar-refractivity contribution < 1.29 is 18.8 Å². The smallest absolute Gasteiger partial charge is 0.343 e. The molecule has 1 aliphatic rings. The number of benzene rings is 1. The van der Waals surface area contributed by atoms with Crippen LogP contribution in [0.4, 0.5) is 10.5 Å². The summed E-state index contributed by atoms with van der Waals surface area (Å²) >= 11 is 0. The van der Waals surface area contributed by atoms with Gasteiger partial charge in [-0.05, 0) is 44.2 Å². The van der Waals surface area contributed by atoms with Crippen LogP contribution in [0.1, 0.15) is 19.4 Å². The van der Waals surface area contributed by atoms with Crippen LogP contribution in [0.3, 0.4) is 0 Å². The number of nitrogens with one attached hydrogen (secondary N) is 2. The standard InChI is InChI=1S/C20H19N3O5/c1-3-23(4-2)14-9-8-12-10-13(19(26)28-16(12)11-14)6-5-7-15-17(24)21-20(27)22-18(15)25/h5-11H,3-4H2,1-2H3,(H2,21,22,24,25,27)/b6-5+. The van der Waals surface area contributed by atoms with Gasteiger partial charge < -0.3 is 9.32 Å². The normalized spacial score (nSPS) is 14.4. The van der Waals surface area contributed by atoms with E-state index in [2.05, 4.69) is 18.7 Å². The first-order chi connectivity index (χ1) is 13.4. The molecule has 8 nitrogen and oxygen atoms in total. The van der Waals surface area contributed by atoms with Crippen molar-refractivity contribution in [3.05, 3.63) is 58.0 Å². The lowest BCUT2D eigenvalue weighted by Crippen LogP contribution is -2.51. The van der Waals surface area contributed by atoms with E-state index in [4.69, 9.17) is 4.42 Å². The summed E-state index contributed by atoms with van der Waals surface area (Å²) in [6, 6.07) is 6.46. The second kappa shape index (κ2) is 7.91. The van der Waals surface area contributed by atoms with E-state index in [9.17, 15) is 19.2 Å². The molecule has 0 radical (unpaired) electrons. The van der Waals surface area contributed by atoms with E-state index < -0.39 is 23.5 Å². The molecule has 0 unspecified atom stereocenters. The van der Waals surface area contributed by atoms with Gasteiger partial charge in [0.15, 0.2) is 0 Å². The number of hydrogen-bond acceptors (Lipinski definition) is 6. The van der Waals surface area contributed by atoms with Gasteiger partial charge in [-0.15, -0.1) is 0 Å². The summed E-state index contributed by atoms with van der Waals surface area (Å²) < 4.78 is 5.41. The number of allylic oxidation sites excluding steroid dienone is 2. The number of anilines is 1. The molecule has 0 atom stereocenters. The molecule has 4 amide bonds. The molecule has 2 N–H and O–H groups in total. The van der Waals surface area contributed by atoms with Crippen LogP contribution in [0.15, 0.2) is 51.2 Å². The zero-order valence-electron chi connectivity index (χ0n) is 15.4. The van der Waals surface area contributed by atoms with Gasteiger partial charge in [-0.25, -0.2) is 9.59 Å². The minimum absolute atomic E-state index is 0.232. The van der Waals surface area contributed by atoms with E-state index in [1.807, 2.05) is 28.8 Å². The van der Waals surface area contributed by atoms with Crippen molar-refractivity contribution >= 4 is 40.6 Å². The second-order valence-electron chi connectivity index (χ2n) is 6.06. The van der Waals surface area contributed by atoms with Crippen molar-refractivity contribution in [2.75, 3.05) is 18.0 Å². The van der Waals surface area contributed by atoms with Gasteiger partial charge in [0.05, 0.1) is 5.56 Å². The Hall–Kier alpha value is -3.68. The first kappa shape index (κ1) is 19.1. The molecule has 2 aromatic rings. The highest BCUT2D eigenvalue weighted by Gasteiger charge is 2.26. The summed E-state index contributed by atoms with van der Waals surface area (Å²) in [6.45, 7) is 5.78. The van der Waals surface area contributed by atoms with Gasteiger partial charge in [0.1, 0.15) is 11.2 Å². The fourth-order valence-corrected chi connectivity index (χ4v) is 2.89. The maximum Gasteiger partial charge on any atom is 0.343 e. The highest BCUT2D eigenvalue weighted by atomic mass is 16.4. The first-order valence-corrected chi connectivity index (χ1v) is 8.80. The fraction of sp³-hybridized carbons (Fsp3) is 0.200. The molecule has 8 heteroatoms. The van der Waals surface area contributed by atoms with E-state index in [1.54, 1.807) is 6.07 Å². The lowest BCUT2D eigenvalue weighted by molar-refractivity contribution is -0.124. The number of rotatable bonds is 5. The lowest BCUT2D eigenvalue weighted by atomic mass is 10.1. The number of imide groups is 2. The molecule has 1 aliphatic heterocycles. The first-order valence-electron chi connectivity index (χ1n) is 8.80. The molecule has 0 spiro atoms. The van der Waals surface area contributed by atoms with E-state index in [1.165, 1.54) is 18.2 Å². The topological polar surface area (TPSA) is 109 Å². The van der Waals surface area contributed by atoms with Gasteiger partial charge in [0, 0.05) is 30.2 Å². The SMILES string of the molecule is CCN(CC)c1ccc2cc(/C=C/C=C3C(=O)NC(=O)NC3=O)c(=O)oc2c1. The molecule has 1 saturated heterocycles. The van der Waals surface area contributed by atoms with Crippen molar-refractivity contribution in [2.24, 2.45) is 0 Å². The Morgan fingerprint density at radius 3 is 2.32 bits per heavy atom. The van der Waals surface area contributed by atoms with Crippen LogP contribution >= 0.6 is 0 Å². The number of barbiturate groups is 1. The molecular weight excluding hydrogens is 362 g/mol. The molecule has 0 aliphatic carbocycles. The lowest BCUT2D eigenvalue weighted by Gasteiger charge is -2.20. The molecule has 2 heterocycles. The third-order valence-corrected chi connectivity index (χ3v) is 4.36. The van der Waals surface area contributed by atoms with Gasteiger partial charge in [-0.1, -0.05) is 6.08 Å². The zero-order valence-corrected chi connectivity index (χ0v) is 15.4. The summed E-state index contributed by atoms with van der Waals surface area (Å²) in [5.41, 5.74) is 0.955. The quantitative estimate of drug-likeness (QED) is 0.465. The molecule has 0 bridgehead atoms. The number of carbonyl (C=O) groups is 3. The van der Waals surface area contributed by atoms with Crippen LogP contribution < -0.4 is 21.2 Å². The highest BCUT2D eigenvalue weighted by Crippen LogP contribution is 2.22. The van der Waals surface area contributed by atoms with Crippen molar-refractivity contribution in [1.82, 2.24) is 10.6 Å². The van der Waals surface area contributed by atoms with Crippen molar-refractivity contribution in [3.63, 3.8) is 0 Å². The molecular formula is C20H19N3O5. The molecule has 1 aromatic carbocycles. The predicted octanol–water partition coefficient (Wildman–Crippen LogP) is 1.94. The van der Waals surface area contributed by atoms with E-state index in [0.717, 1.165) is 24.2 Å². The molecule has 0 saturated carbocycles. The van der Waals surface area contributed by atoms with Crippen molar-refractivity contribution in [3.8, 4) is 0 Å². The third-order valence-electron chi connectivity index (χ3n) is 4.36. The van der Waals surface area contributed by atoms with Crippen LogP contribution in [0, 0.1) is 0 Å². The Labute approximate surface area is 160 Å². The Bertz CT molecular complexity index is 1050. The predicted molar refractivity (Wildman–Crippen MR) is 105 cm³/mol. The Morgan fingerprint density at radius 1 is 1.00 bits per heavy atom. The van der Waals surface area contributed by atoms with E-state index in [0.29, 0.717) is 5.58 Å². The number of amides is 4. The number of carbonyl (C=O) groups excluding carboxylic acids is 3. The van der Waals surface area contributed by atoms with Crippen LogP contribution in [0.25, 0.3) is 17.0 Å². The Morgan fingerprint density at radius 2 is 1.68 bits per heavy atom. The van der Waals surface area contributed by atoms with Crippen molar-refractivity contribution in [2.45, 2.75) is 13.8 Å². The number of urea groups is 1. The van der Waals surface area contributed by atoms with E-state index in [-0.39, 0.29) is 11.1 Å². The molecule has 1 fully saturated rings. The van der Waals surface area contributed by atoms with Gasteiger partial charge in [-0.3, -0.25) is 20.2 Å². The minimum Gasteiger partial charge on any atom is -0.422 e. The summed E-state index contributed by atoms with van der Waals surface area (Å²) in [7, 11) is 0. The summed E-state index contributed by atoms with van der Waals surface area (Å²) in [5.74, 6) is -1.60. The van der Waals surface area contributed by atoms with Crippen LogP contribution in [0.2, 0.25) is 0 Å². The van der Waals surface area contributed by atoms with Crippen LogP contribution in [0.5, 0.6) is 0 Å². The van der Waals surface area contributed by atoms with Gasteiger partial charge in [0.2, 0.25) is 0 Å². The van der Waals surface area contributed by atoms with Crippen LogP contribution in [-0.4, -0.2) is 30.9 Å². The highest BCUT2D eigenvalue weighted by molar-refractivity contribution is 6.29. The maximum atomic E-state index is 12.3. The monoisotopic (exact) mass is 381 g/mol. The van der Waals surface area contributed by atoms with Gasteiger partial charge in [0.25, 0.3) is 11.8 Å². The average molecular weight is 381 g/mol. The van der Waals surface area contributed by atoms with Crippen molar-refractivity contribution in [1.29, 1.82) is 0 Å².